The predicted octanol–water partition coefficient (Wildman–Crippen LogP) is 4.49. The average molecular weight is 399 g/mol. The maximum atomic E-state index is 12.4. The number of nitrogens with one attached hydrogen (secondary N) is 2. The molecule has 138 valence electrons. The van der Waals surface area contributed by atoms with Gasteiger partial charge in [-0.3, -0.25) is 4.79 Å². The minimum Gasteiger partial charge on any atom is -0.351 e. The Morgan fingerprint density at radius 2 is 1.81 bits per heavy atom. The van der Waals surface area contributed by atoms with Gasteiger partial charge in [0.25, 0.3) is 5.91 Å². The molecule has 4 N–H and O–H groups in total. The van der Waals surface area contributed by atoms with Gasteiger partial charge in [0, 0.05) is 33.0 Å². The van der Waals surface area contributed by atoms with Crippen molar-refractivity contribution >= 4 is 46.4 Å². The number of rotatable bonds is 6. The van der Waals surface area contributed by atoms with Gasteiger partial charge >= 0.3 is 6.03 Å². The molecule has 0 aliphatic heterocycles. The van der Waals surface area contributed by atoms with Gasteiger partial charge in [0.1, 0.15) is 0 Å². The number of thioether (sulfide) groups is 1. The number of benzene rings is 2. The molecule has 3 amide bonds. The summed E-state index contributed by atoms with van der Waals surface area (Å²) >= 11 is 3.32. The molecule has 8 heteroatoms. The zero-order valence-corrected chi connectivity index (χ0v) is 16.2. The molecule has 3 rings (SSSR count). The number of nitrogens with zero attached hydrogens (tertiary/aromatic N) is 1. The number of carbonyl (C=O) groups is 2. The van der Waals surface area contributed by atoms with Crippen molar-refractivity contribution in [1.29, 1.82) is 0 Å². The molecule has 0 saturated carbocycles. The number of anilines is 2. The van der Waals surface area contributed by atoms with Crippen molar-refractivity contribution in [3.8, 4) is 0 Å². The summed E-state index contributed by atoms with van der Waals surface area (Å²) in [7, 11) is 0. The molecule has 0 atom stereocenters. The van der Waals surface area contributed by atoms with Crippen molar-refractivity contribution in [2.75, 3.05) is 10.6 Å². The second kappa shape index (κ2) is 8.70. The second-order valence-corrected chi connectivity index (χ2v) is 7.81. The number of nitrogens with two attached hydrogens (primary N) is 1. The monoisotopic (exact) mass is 398 g/mol. The van der Waals surface area contributed by atoms with Crippen molar-refractivity contribution in [1.82, 2.24) is 4.98 Å². The van der Waals surface area contributed by atoms with E-state index in [0.717, 1.165) is 21.3 Å². The zero-order chi connectivity index (χ0) is 19.2. The van der Waals surface area contributed by atoms with Crippen molar-refractivity contribution in [3.63, 3.8) is 0 Å². The largest absolute Gasteiger partial charge is 0.351 e. The topological polar surface area (TPSA) is 97.1 Å². The summed E-state index contributed by atoms with van der Waals surface area (Å²) in [5, 5.41) is 8.40. The highest BCUT2D eigenvalue weighted by molar-refractivity contribution is 7.98. The van der Waals surface area contributed by atoms with Crippen LogP contribution in [0.5, 0.6) is 0 Å². The number of urea groups is 1. The van der Waals surface area contributed by atoms with Crippen LogP contribution in [-0.2, 0) is 5.75 Å². The summed E-state index contributed by atoms with van der Waals surface area (Å²) in [6.07, 6.45) is 0. The Morgan fingerprint density at radius 3 is 2.44 bits per heavy atom. The van der Waals surface area contributed by atoms with E-state index < -0.39 is 6.03 Å². The highest BCUT2D eigenvalue weighted by atomic mass is 32.2. The molecule has 2 aromatic carbocycles. The Balaban J connectivity index is 1.59. The molecule has 0 spiro atoms. The van der Waals surface area contributed by atoms with Crippen LogP contribution in [0.3, 0.4) is 0 Å². The third kappa shape index (κ3) is 5.57. The lowest BCUT2D eigenvalue weighted by Crippen LogP contribution is -2.19. The smallest absolute Gasteiger partial charge is 0.316 e. The van der Waals surface area contributed by atoms with Gasteiger partial charge in [-0.05, 0) is 49.4 Å². The molecule has 6 nitrogen and oxygen atoms in total. The highest BCUT2D eigenvalue weighted by Gasteiger charge is 2.08. The number of aryl methyl sites for hydroxylation is 1. The molecule has 0 saturated heterocycles. The van der Waals surface area contributed by atoms with Crippen LogP contribution in [0.25, 0.3) is 0 Å². The van der Waals surface area contributed by atoms with Gasteiger partial charge in [0.05, 0.1) is 10.7 Å². The third-order valence-corrected chi connectivity index (χ3v) is 5.43. The molecule has 0 radical (unpaired) electrons. The maximum absolute atomic E-state index is 12.4. The molecule has 3 aromatic rings. The molecule has 1 aromatic heterocycles. The summed E-state index contributed by atoms with van der Waals surface area (Å²) in [4.78, 5) is 28.8. The van der Waals surface area contributed by atoms with Crippen LogP contribution in [0.4, 0.5) is 16.2 Å². The second-order valence-electron chi connectivity index (χ2n) is 5.70. The predicted molar refractivity (Wildman–Crippen MR) is 110 cm³/mol. The minimum absolute atomic E-state index is 0.224. The quantitative estimate of drug-likeness (QED) is 0.533. The van der Waals surface area contributed by atoms with Gasteiger partial charge in [0.15, 0.2) is 0 Å². The first kappa shape index (κ1) is 18.9. The van der Waals surface area contributed by atoms with Crippen LogP contribution >= 0.6 is 23.1 Å². The van der Waals surface area contributed by atoms with E-state index in [2.05, 4.69) is 21.0 Å². The van der Waals surface area contributed by atoms with E-state index in [9.17, 15) is 9.59 Å². The van der Waals surface area contributed by atoms with Crippen LogP contribution in [0.15, 0.2) is 58.8 Å². The Bertz CT molecular complexity index is 954. The van der Waals surface area contributed by atoms with Crippen LogP contribution < -0.4 is 16.4 Å². The molecule has 27 heavy (non-hydrogen) atoms. The normalized spacial score (nSPS) is 10.4. The van der Waals surface area contributed by atoms with E-state index in [1.54, 1.807) is 59.5 Å². The number of primary amides is 1. The molecule has 0 aliphatic carbocycles. The number of amides is 3. The summed E-state index contributed by atoms with van der Waals surface area (Å²) in [6.45, 7) is 1.99. The summed E-state index contributed by atoms with van der Waals surface area (Å²) in [6, 6.07) is 13.6. The SMILES string of the molecule is Cc1nc(CSc2ccc(C(=O)Nc3cccc(NC(N)=O)c3)cc2)cs1. The maximum Gasteiger partial charge on any atom is 0.316 e. The standard InChI is InChI=1S/C19H18N4O2S2/c1-12-21-16(10-26-12)11-27-17-7-5-13(6-8-17)18(24)22-14-3-2-4-15(9-14)23-19(20)25/h2-10H,11H2,1H3,(H,22,24)(H3,20,23,25). The average Bonchev–Trinajstić information content (AvgIpc) is 3.05. The summed E-state index contributed by atoms with van der Waals surface area (Å²) < 4.78 is 0. The highest BCUT2D eigenvalue weighted by Crippen LogP contribution is 2.24. The van der Waals surface area contributed by atoms with Crippen molar-refractivity contribution in [2.45, 2.75) is 17.6 Å². The van der Waals surface area contributed by atoms with Crippen molar-refractivity contribution in [2.24, 2.45) is 5.73 Å². The van der Waals surface area contributed by atoms with E-state index in [-0.39, 0.29) is 5.91 Å². The lowest BCUT2D eigenvalue weighted by molar-refractivity contribution is 0.102. The van der Waals surface area contributed by atoms with Crippen LogP contribution in [-0.4, -0.2) is 16.9 Å². The summed E-state index contributed by atoms with van der Waals surface area (Å²) in [5.41, 5.74) is 7.81. The van der Waals surface area contributed by atoms with E-state index >= 15 is 0 Å². The zero-order valence-electron chi connectivity index (χ0n) is 14.6. The first-order valence-corrected chi connectivity index (χ1v) is 9.98. The van der Waals surface area contributed by atoms with Gasteiger partial charge in [-0.1, -0.05) is 6.07 Å². The number of hydrogen-bond acceptors (Lipinski definition) is 5. The van der Waals surface area contributed by atoms with Gasteiger partial charge < -0.3 is 16.4 Å². The van der Waals surface area contributed by atoms with Crippen LogP contribution in [0.2, 0.25) is 0 Å². The molecule has 0 unspecified atom stereocenters. The van der Waals surface area contributed by atoms with Gasteiger partial charge in [0.2, 0.25) is 0 Å². The Kier molecular flexibility index (Phi) is 6.10. The van der Waals surface area contributed by atoms with Crippen molar-refractivity contribution < 1.29 is 9.59 Å². The van der Waals surface area contributed by atoms with Gasteiger partial charge in [-0.25, -0.2) is 9.78 Å². The number of carbonyl (C=O) groups excluding carboxylic acids is 2. The number of aromatic nitrogens is 1. The van der Waals surface area contributed by atoms with Crippen LogP contribution in [0, 0.1) is 6.92 Å². The molecule has 0 aliphatic rings. The van der Waals surface area contributed by atoms with E-state index in [4.69, 9.17) is 5.73 Å². The molecule has 1 heterocycles. The molecular formula is C19H18N4O2S2. The van der Waals surface area contributed by atoms with E-state index in [0.29, 0.717) is 16.9 Å². The third-order valence-electron chi connectivity index (χ3n) is 3.56. The molecule has 0 fully saturated rings. The lowest BCUT2D eigenvalue weighted by atomic mass is 10.2. The van der Waals surface area contributed by atoms with Crippen LogP contribution in [0.1, 0.15) is 21.1 Å². The van der Waals surface area contributed by atoms with E-state index in [1.165, 1.54) is 0 Å². The fourth-order valence-electron chi connectivity index (χ4n) is 2.35. The van der Waals surface area contributed by atoms with E-state index in [1.807, 2.05) is 19.1 Å². The number of hydrogen-bond donors (Lipinski definition) is 3. The first-order chi connectivity index (χ1) is 13.0. The summed E-state index contributed by atoms with van der Waals surface area (Å²) in [5.74, 6) is 0.577. The fraction of sp³-hybridized carbons (Fsp3) is 0.105. The minimum atomic E-state index is -0.653. The molecular weight excluding hydrogens is 380 g/mol. The fourth-order valence-corrected chi connectivity index (χ4v) is 3.86. The Hall–Kier alpha value is -2.84. The molecule has 0 bridgehead atoms. The van der Waals surface area contributed by atoms with Gasteiger partial charge in [-0.2, -0.15) is 0 Å². The Morgan fingerprint density at radius 1 is 1.11 bits per heavy atom. The lowest BCUT2D eigenvalue weighted by Gasteiger charge is -2.08. The number of thiazole rings is 1. The van der Waals surface area contributed by atoms with Gasteiger partial charge in [-0.15, -0.1) is 23.1 Å². The first-order valence-electron chi connectivity index (χ1n) is 8.11. The van der Waals surface area contributed by atoms with Crippen molar-refractivity contribution in [3.05, 3.63) is 70.2 Å². The Labute approximate surface area is 165 Å².